The van der Waals surface area contributed by atoms with Gasteiger partial charge in [0.05, 0.1) is 13.2 Å². The fourth-order valence-electron chi connectivity index (χ4n) is 1.98. The third kappa shape index (κ3) is 6.44. The molecule has 20 heavy (non-hydrogen) atoms. The van der Waals surface area contributed by atoms with Gasteiger partial charge < -0.3 is 9.47 Å². The van der Waals surface area contributed by atoms with Crippen LogP contribution in [0.4, 0.5) is 0 Å². The minimum Gasteiger partial charge on any atom is -0.497 e. The summed E-state index contributed by atoms with van der Waals surface area (Å²) in [4.78, 5) is 2.28. The molecule has 0 saturated carbocycles. The van der Waals surface area contributed by atoms with E-state index in [1.54, 1.807) is 7.11 Å². The molecule has 0 aromatic heterocycles. The zero-order chi connectivity index (χ0) is 14.8. The molecule has 1 aromatic rings. The molecule has 0 aliphatic rings. The van der Waals surface area contributed by atoms with Gasteiger partial charge in [-0.15, -0.1) is 0 Å². The van der Waals surface area contributed by atoms with Crippen molar-refractivity contribution in [3.8, 4) is 17.6 Å². The van der Waals surface area contributed by atoms with Gasteiger partial charge >= 0.3 is 0 Å². The molecule has 110 valence electrons. The van der Waals surface area contributed by atoms with Crippen LogP contribution in [0.3, 0.4) is 0 Å². The summed E-state index contributed by atoms with van der Waals surface area (Å²) >= 11 is 0. The molecule has 0 aliphatic carbocycles. The number of benzene rings is 1. The maximum atomic E-state index is 8.68. The summed E-state index contributed by atoms with van der Waals surface area (Å²) < 4.78 is 10.8. The highest BCUT2D eigenvalue weighted by molar-refractivity contribution is 5.31. The number of nitriles is 1. The maximum Gasteiger partial charge on any atom is 0.119 e. The van der Waals surface area contributed by atoms with Gasteiger partial charge in [0, 0.05) is 26.1 Å². The lowest BCUT2D eigenvalue weighted by atomic mass is 10.2. The van der Waals surface area contributed by atoms with Gasteiger partial charge in [-0.05, 0) is 30.2 Å². The second-order valence-electron chi connectivity index (χ2n) is 5.13. The van der Waals surface area contributed by atoms with Crippen molar-refractivity contribution >= 4 is 0 Å². The Balaban J connectivity index is 2.36. The van der Waals surface area contributed by atoms with Crippen molar-refractivity contribution in [2.24, 2.45) is 5.92 Å². The first-order valence-electron chi connectivity index (χ1n) is 7.02. The van der Waals surface area contributed by atoms with Crippen LogP contribution in [0.25, 0.3) is 0 Å². The standard InChI is InChI=1S/C16H24N2O2/c1-14(2)13-18(10-4-9-17)11-12-20-16-7-5-15(19-3)6-8-16/h5-8,14H,4,10-13H2,1-3H3. The fraction of sp³-hybridized carbons (Fsp3) is 0.562. The van der Waals surface area contributed by atoms with E-state index in [0.29, 0.717) is 18.9 Å². The van der Waals surface area contributed by atoms with Crippen LogP contribution in [0.1, 0.15) is 20.3 Å². The van der Waals surface area contributed by atoms with Gasteiger partial charge in [-0.2, -0.15) is 5.26 Å². The molecule has 0 amide bonds. The van der Waals surface area contributed by atoms with Crippen molar-refractivity contribution in [2.45, 2.75) is 20.3 Å². The number of hydrogen-bond acceptors (Lipinski definition) is 4. The first kappa shape index (κ1) is 16.3. The minimum absolute atomic E-state index is 0.565. The SMILES string of the molecule is COc1ccc(OCCN(CCC#N)CC(C)C)cc1. The fourth-order valence-corrected chi connectivity index (χ4v) is 1.98. The largest absolute Gasteiger partial charge is 0.497 e. The number of nitrogens with zero attached hydrogens (tertiary/aromatic N) is 2. The Hall–Kier alpha value is -1.73. The van der Waals surface area contributed by atoms with E-state index in [9.17, 15) is 0 Å². The molecule has 0 atom stereocenters. The molecule has 1 aromatic carbocycles. The van der Waals surface area contributed by atoms with Crippen LogP contribution in [0.2, 0.25) is 0 Å². The predicted molar refractivity (Wildman–Crippen MR) is 80.0 cm³/mol. The van der Waals surface area contributed by atoms with Gasteiger partial charge in [0.2, 0.25) is 0 Å². The van der Waals surface area contributed by atoms with E-state index in [-0.39, 0.29) is 0 Å². The molecule has 0 unspecified atom stereocenters. The molecule has 0 aliphatic heterocycles. The average molecular weight is 276 g/mol. The van der Waals surface area contributed by atoms with E-state index in [1.807, 2.05) is 24.3 Å². The van der Waals surface area contributed by atoms with Crippen LogP contribution in [0, 0.1) is 17.2 Å². The van der Waals surface area contributed by atoms with Crippen LogP contribution in [0.5, 0.6) is 11.5 Å². The Morgan fingerprint density at radius 3 is 2.35 bits per heavy atom. The van der Waals surface area contributed by atoms with Gasteiger partial charge in [-0.25, -0.2) is 0 Å². The summed E-state index contributed by atoms with van der Waals surface area (Å²) in [6.07, 6.45) is 0.565. The molecule has 0 spiro atoms. The van der Waals surface area contributed by atoms with Crippen molar-refractivity contribution in [3.05, 3.63) is 24.3 Å². The zero-order valence-corrected chi connectivity index (χ0v) is 12.6. The first-order valence-corrected chi connectivity index (χ1v) is 7.02. The van der Waals surface area contributed by atoms with Gasteiger partial charge in [0.25, 0.3) is 0 Å². The second kappa shape index (κ2) is 9.22. The molecule has 4 nitrogen and oxygen atoms in total. The Morgan fingerprint density at radius 1 is 1.15 bits per heavy atom. The van der Waals surface area contributed by atoms with E-state index < -0.39 is 0 Å². The van der Waals surface area contributed by atoms with Crippen LogP contribution in [-0.2, 0) is 0 Å². The van der Waals surface area contributed by atoms with Crippen molar-refractivity contribution in [3.63, 3.8) is 0 Å². The molecule has 4 heteroatoms. The summed E-state index contributed by atoms with van der Waals surface area (Å²) in [6, 6.07) is 9.77. The first-order chi connectivity index (χ1) is 9.65. The third-order valence-electron chi connectivity index (χ3n) is 2.90. The van der Waals surface area contributed by atoms with Crippen molar-refractivity contribution in [1.29, 1.82) is 5.26 Å². The van der Waals surface area contributed by atoms with E-state index >= 15 is 0 Å². The number of hydrogen-bond donors (Lipinski definition) is 0. The molecular formula is C16H24N2O2. The van der Waals surface area contributed by atoms with Gasteiger partial charge in [0.1, 0.15) is 18.1 Å². The lowest BCUT2D eigenvalue weighted by Crippen LogP contribution is -2.32. The van der Waals surface area contributed by atoms with E-state index in [1.165, 1.54) is 0 Å². The molecular weight excluding hydrogens is 252 g/mol. The molecule has 0 radical (unpaired) electrons. The molecule has 0 saturated heterocycles. The highest BCUT2D eigenvalue weighted by Gasteiger charge is 2.07. The highest BCUT2D eigenvalue weighted by atomic mass is 16.5. The lowest BCUT2D eigenvalue weighted by molar-refractivity contribution is 0.195. The molecule has 0 N–H and O–H groups in total. The monoisotopic (exact) mass is 276 g/mol. The van der Waals surface area contributed by atoms with Crippen LogP contribution >= 0.6 is 0 Å². The third-order valence-corrected chi connectivity index (χ3v) is 2.90. The van der Waals surface area contributed by atoms with E-state index in [0.717, 1.165) is 31.1 Å². The quantitative estimate of drug-likeness (QED) is 0.695. The number of methoxy groups -OCH3 is 1. The van der Waals surface area contributed by atoms with Crippen molar-refractivity contribution < 1.29 is 9.47 Å². The normalized spacial score (nSPS) is 10.6. The smallest absolute Gasteiger partial charge is 0.119 e. The predicted octanol–water partition coefficient (Wildman–Crippen LogP) is 2.95. The topological polar surface area (TPSA) is 45.5 Å². The Kier molecular flexibility index (Phi) is 7.52. The summed E-state index contributed by atoms with van der Waals surface area (Å²) in [5.74, 6) is 2.26. The van der Waals surface area contributed by atoms with Gasteiger partial charge in [-0.3, -0.25) is 4.90 Å². The van der Waals surface area contributed by atoms with E-state index in [4.69, 9.17) is 14.7 Å². The summed E-state index contributed by atoms with van der Waals surface area (Å²) in [5.41, 5.74) is 0. The highest BCUT2D eigenvalue weighted by Crippen LogP contribution is 2.16. The Morgan fingerprint density at radius 2 is 1.80 bits per heavy atom. The molecule has 1 rings (SSSR count). The lowest BCUT2D eigenvalue weighted by Gasteiger charge is -2.23. The van der Waals surface area contributed by atoms with Crippen molar-refractivity contribution in [2.75, 3.05) is 33.4 Å². The Labute approximate surface area is 121 Å². The summed E-state index contributed by atoms with van der Waals surface area (Å²) in [5, 5.41) is 8.68. The van der Waals surface area contributed by atoms with Crippen molar-refractivity contribution in [1.82, 2.24) is 4.90 Å². The second-order valence-corrected chi connectivity index (χ2v) is 5.13. The molecule has 0 bridgehead atoms. The minimum atomic E-state index is 0.565. The molecule has 0 fully saturated rings. The van der Waals surface area contributed by atoms with Crippen LogP contribution in [0.15, 0.2) is 24.3 Å². The van der Waals surface area contributed by atoms with Crippen LogP contribution < -0.4 is 9.47 Å². The van der Waals surface area contributed by atoms with Gasteiger partial charge in [0.15, 0.2) is 0 Å². The Bertz CT molecular complexity index is 409. The summed E-state index contributed by atoms with van der Waals surface area (Å²) in [6.45, 7) is 7.64. The average Bonchev–Trinajstić information content (AvgIpc) is 2.44. The van der Waals surface area contributed by atoms with E-state index in [2.05, 4.69) is 24.8 Å². The van der Waals surface area contributed by atoms with Crippen LogP contribution in [-0.4, -0.2) is 38.3 Å². The summed E-state index contributed by atoms with van der Waals surface area (Å²) in [7, 11) is 1.65. The maximum absolute atomic E-state index is 8.68. The number of rotatable bonds is 9. The zero-order valence-electron chi connectivity index (χ0n) is 12.6. The van der Waals surface area contributed by atoms with Gasteiger partial charge in [-0.1, -0.05) is 13.8 Å². The molecule has 0 heterocycles. The number of ether oxygens (including phenoxy) is 2.